The van der Waals surface area contributed by atoms with Gasteiger partial charge in [0.25, 0.3) is 0 Å². The molecule has 11 heteroatoms. The van der Waals surface area contributed by atoms with E-state index in [4.69, 9.17) is 16.3 Å². The summed E-state index contributed by atoms with van der Waals surface area (Å²) in [6.45, 7) is 0. The van der Waals surface area contributed by atoms with Gasteiger partial charge in [-0.25, -0.2) is 28.1 Å². The third-order valence-electron chi connectivity index (χ3n) is 3.95. The summed E-state index contributed by atoms with van der Waals surface area (Å²) in [6.07, 6.45) is 4.03. The van der Waals surface area contributed by atoms with Crippen LogP contribution in [0.25, 0.3) is 0 Å². The summed E-state index contributed by atoms with van der Waals surface area (Å²) in [6, 6.07) is 10.1. The highest BCUT2D eigenvalue weighted by Crippen LogP contribution is 2.22. The van der Waals surface area contributed by atoms with Gasteiger partial charge >= 0.3 is 0 Å². The number of sulfonamides is 1. The van der Waals surface area contributed by atoms with Gasteiger partial charge in [0.05, 0.1) is 10.8 Å². The van der Waals surface area contributed by atoms with Gasteiger partial charge in [-0.15, -0.1) is 0 Å². The van der Waals surface area contributed by atoms with E-state index in [-0.39, 0.29) is 17.5 Å². The molecule has 0 aliphatic rings. The molecule has 2 aromatic heterocycles. The normalized spacial score (nSPS) is 11.1. The molecule has 0 aliphatic carbocycles. The van der Waals surface area contributed by atoms with Crippen LogP contribution >= 0.6 is 11.6 Å². The largest absolute Gasteiger partial charge is 0.439 e. The number of ether oxygens (including phenoxy) is 1. The van der Waals surface area contributed by atoms with Crippen molar-refractivity contribution in [2.45, 2.75) is 18.6 Å². The SMILES string of the molecule is CNS(=O)(=O)Cc1ccc(Oc2cc(CCc3ncc(Cl)cn3)nc(C#N)n2)cc1. The first-order chi connectivity index (χ1) is 14.4. The van der Waals surface area contributed by atoms with Crippen LogP contribution in [0.3, 0.4) is 0 Å². The van der Waals surface area contributed by atoms with E-state index in [0.29, 0.717) is 40.7 Å². The third-order valence-corrected chi connectivity index (χ3v) is 5.48. The molecule has 0 saturated carbocycles. The van der Waals surface area contributed by atoms with E-state index in [2.05, 4.69) is 24.7 Å². The molecule has 3 aromatic rings. The van der Waals surface area contributed by atoms with Crippen molar-refractivity contribution in [3.8, 4) is 17.7 Å². The van der Waals surface area contributed by atoms with Crippen molar-refractivity contribution in [1.29, 1.82) is 5.26 Å². The van der Waals surface area contributed by atoms with E-state index in [1.54, 1.807) is 30.3 Å². The van der Waals surface area contributed by atoms with Gasteiger partial charge in [-0.2, -0.15) is 10.2 Å². The van der Waals surface area contributed by atoms with E-state index in [1.165, 1.54) is 19.4 Å². The van der Waals surface area contributed by atoms with Crippen LogP contribution in [0.15, 0.2) is 42.7 Å². The van der Waals surface area contributed by atoms with Crippen LogP contribution in [-0.2, 0) is 28.6 Å². The van der Waals surface area contributed by atoms with E-state index in [0.717, 1.165) is 0 Å². The predicted molar refractivity (Wildman–Crippen MR) is 109 cm³/mol. The molecule has 1 aromatic carbocycles. The molecule has 0 amide bonds. The number of nitrogens with one attached hydrogen (secondary N) is 1. The number of benzene rings is 1. The van der Waals surface area contributed by atoms with Crippen molar-refractivity contribution in [2.24, 2.45) is 0 Å². The summed E-state index contributed by atoms with van der Waals surface area (Å²) in [5, 5.41) is 9.66. The Kier molecular flexibility index (Phi) is 6.89. The lowest BCUT2D eigenvalue weighted by Gasteiger charge is -2.08. The van der Waals surface area contributed by atoms with Gasteiger partial charge in [0.1, 0.15) is 17.6 Å². The minimum Gasteiger partial charge on any atom is -0.439 e. The summed E-state index contributed by atoms with van der Waals surface area (Å²) >= 11 is 5.78. The number of rotatable bonds is 8. The van der Waals surface area contributed by atoms with E-state index >= 15 is 0 Å². The van der Waals surface area contributed by atoms with Crippen molar-refractivity contribution < 1.29 is 13.2 Å². The highest BCUT2D eigenvalue weighted by Gasteiger charge is 2.10. The zero-order valence-electron chi connectivity index (χ0n) is 15.9. The molecule has 0 unspecified atom stereocenters. The van der Waals surface area contributed by atoms with Gasteiger partial charge in [0, 0.05) is 30.6 Å². The Labute approximate surface area is 178 Å². The van der Waals surface area contributed by atoms with Crippen LogP contribution < -0.4 is 9.46 Å². The predicted octanol–water partition coefficient (Wildman–Crippen LogP) is 2.42. The van der Waals surface area contributed by atoms with Gasteiger partial charge in [-0.05, 0) is 31.2 Å². The lowest BCUT2D eigenvalue weighted by Crippen LogP contribution is -2.20. The van der Waals surface area contributed by atoms with Crippen molar-refractivity contribution in [2.75, 3.05) is 7.05 Å². The first-order valence-corrected chi connectivity index (χ1v) is 10.8. The number of aryl methyl sites for hydroxylation is 2. The molecule has 0 radical (unpaired) electrons. The summed E-state index contributed by atoms with van der Waals surface area (Å²) in [5.74, 6) is 1.12. The number of halogens is 1. The Morgan fingerprint density at radius 2 is 1.83 bits per heavy atom. The Balaban J connectivity index is 1.72. The van der Waals surface area contributed by atoms with Crippen LogP contribution in [0.2, 0.25) is 5.02 Å². The number of nitrogens with zero attached hydrogens (tertiary/aromatic N) is 5. The first-order valence-electron chi connectivity index (χ1n) is 8.79. The molecule has 0 aliphatic heterocycles. The second-order valence-corrected chi connectivity index (χ2v) is 8.52. The summed E-state index contributed by atoms with van der Waals surface area (Å²) < 4.78 is 31.2. The topological polar surface area (TPSA) is 131 Å². The van der Waals surface area contributed by atoms with E-state index in [9.17, 15) is 13.7 Å². The molecule has 0 bridgehead atoms. The maximum Gasteiger partial charge on any atom is 0.235 e. The number of hydrogen-bond donors (Lipinski definition) is 1. The Hall–Kier alpha value is -3.13. The van der Waals surface area contributed by atoms with Crippen LogP contribution in [0.1, 0.15) is 22.9 Å². The van der Waals surface area contributed by atoms with Gasteiger partial charge in [-0.1, -0.05) is 23.7 Å². The van der Waals surface area contributed by atoms with Crippen molar-refractivity contribution in [1.82, 2.24) is 24.7 Å². The molecule has 2 heterocycles. The minimum absolute atomic E-state index is 0.0174. The first kappa shape index (κ1) is 21.6. The molecular formula is C19H17ClN6O3S. The average Bonchev–Trinajstić information content (AvgIpc) is 2.74. The maximum absolute atomic E-state index is 11.6. The highest BCUT2D eigenvalue weighted by molar-refractivity contribution is 7.88. The fourth-order valence-electron chi connectivity index (χ4n) is 2.48. The number of hydrogen-bond acceptors (Lipinski definition) is 8. The van der Waals surface area contributed by atoms with Gasteiger partial charge in [-0.3, -0.25) is 0 Å². The van der Waals surface area contributed by atoms with Gasteiger partial charge < -0.3 is 4.74 Å². The molecule has 0 spiro atoms. The lowest BCUT2D eigenvalue weighted by atomic mass is 10.2. The van der Waals surface area contributed by atoms with Crippen LogP contribution in [0.5, 0.6) is 11.6 Å². The number of nitriles is 1. The highest BCUT2D eigenvalue weighted by atomic mass is 35.5. The quantitative estimate of drug-likeness (QED) is 0.560. The van der Waals surface area contributed by atoms with Crippen LogP contribution in [0.4, 0.5) is 0 Å². The summed E-state index contributed by atoms with van der Waals surface area (Å²) in [4.78, 5) is 16.5. The fourth-order valence-corrected chi connectivity index (χ4v) is 3.35. The second-order valence-electron chi connectivity index (χ2n) is 6.16. The van der Waals surface area contributed by atoms with E-state index < -0.39 is 10.0 Å². The second kappa shape index (κ2) is 9.58. The zero-order chi connectivity index (χ0) is 21.6. The summed E-state index contributed by atoms with van der Waals surface area (Å²) in [7, 11) is -1.99. The standard InChI is InChI=1S/C19H17ClN6O3S/c1-22-30(27,28)12-13-2-5-16(6-3-13)29-19-8-15(25-18(9-21)26-19)4-7-17-23-10-14(20)11-24-17/h2-3,5-6,8,10-11,22H,4,7,12H2,1H3. The molecule has 154 valence electrons. The third kappa shape index (κ3) is 6.18. The van der Waals surface area contributed by atoms with Crippen molar-refractivity contribution >= 4 is 21.6 Å². The molecule has 3 rings (SSSR count). The summed E-state index contributed by atoms with van der Waals surface area (Å²) in [5.41, 5.74) is 1.22. The minimum atomic E-state index is -3.36. The van der Waals surface area contributed by atoms with Crippen LogP contribution in [-0.4, -0.2) is 35.4 Å². The fraction of sp³-hybridized carbons (Fsp3) is 0.211. The number of aromatic nitrogens is 4. The Morgan fingerprint density at radius 3 is 2.47 bits per heavy atom. The van der Waals surface area contributed by atoms with Gasteiger partial charge in [0.15, 0.2) is 0 Å². The molecule has 30 heavy (non-hydrogen) atoms. The van der Waals surface area contributed by atoms with Crippen LogP contribution in [0, 0.1) is 11.3 Å². The lowest BCUT2D eigenvalue weighted by molar-refractivity contribution is 0.459. The molecule has 0 fully saturated rings. The van der Waals surface area contributed by atoms with Crippen molar-refractivity contribution in [3.63, 3.8) is 0 Å². The Morgan fingerprint density at radius 1 is 1.13 bits per heavy atom. The smallest absolute Gasteiger partial charge is 0.235 e. The average molecular weight is 445 g/mol. The molecule has 0 atom stereocenters. The van der Waals surface area contributed by atoms with Gasteiger partial charge in [0.2, 0.25) is 21.7 Å². The zero-order valence-corrected chi connectivity index (χ0v) is 17.5. The maximum atomic E-state index is 11.6. The monoisotopic (exact) mass is 444 g/mol. The van der Waals surface area contributed by atoms with E-state index in [1.807, 2.05) is 6.07 Å². The molecule has 0 saturated heterocycles. The van der Waals surface area contributed by atoms with Crippen molar-refractivity contribution in [3.05, 3.63) is 70.7 Å². The molecule has 9 nitrogen and oxygen atoms in total. The molecular weight excluding hydrogens is 428 g/mol. The molecule has 1 N–H and O–H groups in total. The Bertz CT molecular complexity index is 1160.